The van der Waals surface area contributed by atoms with E-state index in [-0.39, 0.29) is 18.5 Å². The number of hydrogen-bond donors (Lipinski definition) is 2. The first-order chi connectivity index (χ1) is 17.2. The Labute approximate surface area is 214 Å². The lowest BCUT2D eigenvalue weighted by Crippen LogP contribution is -2.52. The molecule has 0 fully saturated rings. The Bertz CT molecular complexity index is 1130. The molecule has 3 amide bonds. The van der Waals surface area contributed by atoms with E-state index in [0.29, 0.717) is 32.7 Å². The first-order valence-electron chi connectivity index (χ1n) is 12.6. The largest absolute Gasteiger partial charge is 0.385 e. The molecule has 194 valence electrons. The maximum atomic E-state index is 13.6. The predicted molar refractivity (Wildman–Crippen MR) is 145 cm³/mol. The third-order valence-electron chi connectivity index (χ3n) is 6.04. The Balaban J connectivity index is 1.77. The van der Waals surface area contributed by atoms with Gasteiger partial charge in [-0.1, -0.05) is 48.0 Å². The Morgan fingerprint density at radius 2 is 1.72 bits per heavy atom. The summed E-state index contributed by atoms with van der Waals surface area (Å²) in [7, 11) is 1.64. The molecule has 0 aliphatic rings. The fourth-order valence-electron chi connectivity index (χ4n) is 4.11. The number of amides is 3. The summed E-state index contributed by atoms with van der Waals surface area (Å²) in [5.74, 6) is -0.0723. The van der Waals surface area contributed by atoms with Crippen LogP contribution in [0.2, 0.25) is 0 Å². The van der Waals surface area contributed by atoms with Crippen LogP contribution in [-0.4, -0.2) is 65.6 Å². The van der Waals surface area contributed by atoms with Crippen molar-refractivity contribution in [1.82, 2.24) is 20.1 Å². The smallest absolute Gasteiger partial charge is 0.318 e. The topological polar surface area (TPSA) is 77.7 Å². The predicted octanol–water partition coefficient (Wildman–Crippen LogP) is 4.89. The van der Waals surface area contributed by atoms with Crippen LogP contribution in [0, 0.1) is 6.92 Å². The molecule has 0 unspecified atom stereocenters. The normalized spacial score (nSPS) is 11.5. The molecular weight excluding hydrogens is 452 g/mol. The summed E-state index contributed by atoms with van der Waals surface area (Å²) in [6, 6.07) is 16.2. The molecule has 36 heavy (non-hydrogen) atoms. The number of aromatic amines is 1. The number of H-pyrrole nitrogens is 1. The van der Waals surface area contributed by atoms with Gasteiger partial charge in [0.05, 0.1) is 0 Å². The average Bonchev–Trinajstić information content (AvgIpc) is 3.24. The molecule has 0 saturated carbocycles. The summed E-state index contributed by atoms with van der Waals surface area (Å²) in [6.45, 7) is 9.90. The van der Waals surface area contributed by atoms with Crippen LogP contribution in [0.3, 0.4) is 0 Å². The lowest BCUT2D eigenvalue weighted by molar-refractivity contribution is -0.132. The number of fused-ring (bicyclic) bond motifs is 1. The number of ether oxygens (including phenoxy) is 1. The zero-order chi connectivity index (χ0) is 26.1. The SMILES string of the molecule is COCCCN(CC(=O)N(CCc1c[nH]c2ccccc12)Cc1ccc(C)cc1)C(=O)NC(C)(C)C. The maximum Gasteiger partial charge on any atom is 0.318 e. The van der Waals surface area contributed by atoms with Gasteiger partial charge in [-0.05, 0) is 57.7 Å². The number of benzene rings is 2. The van der Waals surface area contributed by atoms with Crippen molar-refractivity contribution in [3.63, 3.8) is 0 Å². The van der Waals surface area contributed by atoms with Gasteiger partial charge < -0.3 is 24.8 Å². The van der Waals surface area contributed by atoms with Gasteiger partial charge in [0.25, 0.3) is 0 Å². The fraction of sp³-hybridized carbons (Fsp3) is 0.448. The van der Waals surface area contributed by atoms with Crippen molar-refractivity contribution in [3.8, 4) is 0 Å². The molecule has 0 saturated heterocycles. The highest BCUT2D eigenvalue weighted by Crippen LogP contribution is 2.19. The third-order valence-corrected chi connectivity index (χ3v) is 6.04. The van der Waals surface area contributed by atoms with Gasteiger partial charge in [-0.2, -0.15) is 0 Å². The van der Waals surface area contributed by atoms with Gasteiger partial charge >= 0.3 is 6.03 Å². The van der Waals surface area contributed by atoms with Gasteiger partial charge in [0.1, 0.15) is 6.54 Å². The lowest BCUT2D eigenvalue weighted by Gasteiger charge is -2.30. The third kappa shape index (κ3) is 8.12. The second-order valence-corrected chi connectivity index (χ2v) is 10.4. The minimum absolute atomic E-state index is 0.0192. The maximum absolute atomic E-state index is 13.6. The van der Waals surface area contributed by atoms with E-state index in [1.807, 2.05) is 44.0 Å². The van der Waals surface area contributed by atoms with E-state index in [2.05, 4.69) is 53.6 Å². The molecule has 0 atom stereocenters. The molecule has 1 aromatic heterocycles. The number of carbonyl (C=O) groups excluding carboxylic acids is 2. The number of aryl methyl sites for hydroxylation is 1. The number of para-hydroxylation sites is 1. The van der Waals surface area contributed by atoms with Crippen molar-refractivity contribution in [2.45, 2.75) is 52.6 Å². The van der Waals surface area contributed by atoms with E-state index in [1.165, 1.54) is 16.5 Å². The van der Waals surface area contributed by atoms with Crippen molar-refractivity contribution in [3.05, 3.63) is 71.4 Å². The monoisotopic (exact) mass is 492 g/mol. The van der Waals surface area contributed by atoms with Crippen molar-refractivity contribution >= 4 is 22.8 Å². The molecular formula is C29H40N4O3. The molecule has 3 rings (SSSR count). The fourth-order valence-corrected chi connectivity index (χ4v) is 4.11. The summed E-state index contributed by atoms with van der Waals surface area (Å²) < 4.78 is 5.17. The number of methoxy groups -OCH3 is 1. The zero-order valence-corrected chi connectivity index (χ0v) is 22.3. The van der Waals surface area contributed by atoms with Crippen LogP contribution >= 0.6 is 0 Å². The Morgan fingerprint density at radius 3 is 2.42 bits per heavy atom. The van der Waals surface area contributed by atoms with Crippen LogP contribution in [0.15, 0.2) is 54.7 Å². The lowest BCUT2D eigenvalue weighted by atomic mass is 10.1. The minimum atomic E-state index is -0.392. The van der Waals surface area contributed by atoms with Gasteiger partial charge in [-0.15, -0.1) is 0 Å². The number of aromatic nitrogens is 1. The van der Waals surface area contributed by atoms with Crippen LogP contribution in [0.5, 0.6) is 0 Å². The van der Waals surface area contributed by atoms with Crippen LogP contribution in [0.25, 0.3) is 10.9 Å². The molecule has 0 bridgehead atoms. The van der Waals surface area contributed by atoms with Crippen LogP contribution in [0.4, 0.5) is 4.79 Å². The molecule has 0 radical (unpaired) electrons. The van der Waals surface area contributed by atoms with E-state index in [0.717, 1.165) is 17.5 Å². The summed E-state index contributed by atoms with van der Waals surface area (Å²) in [6.07, 6.45) is 3.40. The standard InChI is InChI=1S/C29H40N4O3/c1-22-11-13-23(14-12-22)20-32(17-15-24-19-30-26-10-7-6-9-25(24)26)27(34)21-33(16-8-18-36-5)28(35)31-29(2,3)4/h6-7,9-14,19,30H,8,15-18,20-21H2,1-5H3,(H,31,35). The quantitative estimate of drug-likeness (QED) is 0.374. The van der Waals surface area contributed by atoms with Gasteiger partial charge in [-0.3, -0.25) is 4.79 Å². The van der Waals surface area contributed by atoms with Crippen LogP contribution in [-0.2, 0) is 22.5 Å². The van der Waals surface area contributed by atoms with E-state index >= 15 is 0 Å². The molecule has 0 aliphatic heterocycles. The van der Waals surface area contributed by atoms with Gasteiger partial charge in [0, 0.05) is 56.0 Å². The van der Waals surface area contributed by atoms with Gasteiger partial charge in [0.15, 0.2) is 0 Å². The number of nitrogens with zero attached hydrogens (tertiary/aromatic N) is 2. The van der Waals surface area contributed by atoms with Crippen molar-refractivity contribution in [2.24, 2.45) is 0 Å². The average molecular weight is 493 g/mol. The highest BCUT2D eigenvalue weighted by atomic mass is 16.5. The van der Waals surface area contributed by atoms with Gasteiger partial charge in [0.2, 0.25) is 5.91 Å². The van der Waals surface area contributed by atoms with Crippen molar-refractivity contribution in [2.75, 3.05) is 33.4 Å². The molecule has 2 aromatic carbocycles. The number of urea groups is 1. The number of hydrogen-bond acceptors (Lipinski definition) is 3. The Morgan fingerprint density at radius 1 is 1.00 bits per heavy atom. The number of carbonyl (C=O) groups is 2. The van der Waals surface area contributed by atoms with Crippen molar-refractivity contribution < 1.29 is 14.3 Å². The van der Waals surface area contributed by atoms with E-state index < -0.39 is 5.54 Å². The number of nitrogens with one attached hydrogen (secondary N) is 2. The molecule has 0 spiro atoms. The minimum Gasteiger partial charge on any atom is -0.385 e. The zero-order valence-electron chi connectivity index (χ0n) is 22.3. The molecule has 3 aromatic rings. The summed E-state index contributed by atoms with van der Waals surface area (Å²) in [4.78, 5) is 33.4. The molecule has 2 N–H and O–H groups in total. The highest BCUT2D eigenvalue weighted by molar-refractivity contribution is 5.85. The van der Waals surface area contributed by atoms with Crippen LogP contribution < -0.4 is 5.32 Å². The van der Waals surface area contributed by atoms with Crippen LogP contribution in [0.1, 0.15) is 43.9 Å². The molecule has 1 heterocycles. The highest BCUT2D eigenvalue weighted by Gasteiger charge is 2.24. The summed E-state index contributed by atoms with van der Waals surface area (Å²) in [5, 5.41) is 4.16. The Kier molecular flexibility index (Phi) is 9.53. The number of rotatable bonds is 11. The van der Waals surface area contributed by atoms with Crippen molar-refractivity contribution in [1.29, 1.82) is 0 Å². The second-order valence-electron chi connectivity index (χ2n) is 10.4. The first kappa shape index (κ1) is 27.3. The summed E-state index contributed by atoms with van der Waals surface area (Å²) >= 11 is 0. The molecule has 7 nitrogen and oxygen atoms in total. The molecule has 0 aliphatic carbocycles. The van der Waals surface area contributed by atoms with E-state index in [1.54, 1.807) is 12.0 Å². The van der Waals surface area contributed by atoms with Gasteiger partial charge in [-0.25, -0.2) is 4.79 Å². The van der Waals surface area contributed by atoms with E-state index in [4.69, 9.17) is 4.74 Å². The summed E-state index contributed by atoms with van der Waals surface area (Å²) in [5.41, 5.74) is 4.12. The first-order valence-corrected chi connectivity index (χ1v) is 12.6. The Hall–Kier alpha value is -3.32. The second kappa shape index (κ2) is 12.6. The molecule has 7 heteroatoms. The van der Waals surface area contributed by atoms with E-state index in [9.17, 15) is 9.59 Å².